The fraction of sp³-hybridized carbons (Fsp3) is 0.556. The van der Waals surface area contributed by atoms with Gasteiger partial charge >= 0.3 is 27.6 Å². The number of rotatable bonds is 8. The van der Waals surface area contributed by atoms with Crippen molar-refractivity contribution in [3.63, 3.8) is 0 Å². The highest BCUT2D eigenvalue weighted by atomic mass is 32.2. The number of sulfonamides is 1. The van der Waals surface area contributed by atoms with Gasteiger partial charge in [-0.2, -0.15) is 21.6 Å². The molecule has 0 radical (unpaired) electrons. The highest BCUT2D eigenvalue weighted by molar-refractivity contribution is 7.93. The van der Waals surface area contributed by atoms with E-state index in [0.717, 1.165) is 6.07 Å². The van der Waals surface area contributed by atoms with Gasteiger partial charge in [0.15, 0.2) is 6.73 Å². The number of nitrogens with zero attached hydrogens (tertiary/aromatic N) is 2. The van der Waals surface area contributed by atoms with Crippen LogP contribution in [0.1, 0.15) is 39.2 Å². The molecular weight excluding hydrogens is 429 g/mol. The molecule has 30 heavy (non-hydrogen) atoms. The molecule has 0 aliphatic carbocycles. The number of anilines is 1. The molecule has 12 heteroatoms. The SMILES string of the molecule is CCCC(=O)OCN(c1ccccc1CN1CC(C)(C)OC1=O)S(=O)(=O)C(F)(F)F. The average molecular weight is 452 g/mol. The van der Waals surface area contributed by atoms with Crippen molar-refractivity contribution in [3.05, 3.63) is 29.8 Å². The second-order valence-electron chi connectivity index (χ2n) is 7.31. The van der Waals surface area contributed by atoms with E-state index in [-0.39, 0.29) is 35.1 Å². The third-order valence-electron chi connectivity index (χ3n) is 4.19. The van der Waals surface area contributed by atoms with Crippen molar-refractivity contribution in [3.8, 4) is 0 Å². The van der Waals surface area contributed by atoms with Crippen molar-refractivity contribution in [1.29, 1.82) is 0 Å². The lowest BCUT2D eigenvalue weighted by Crippen LogP contribution is -2.43. The molecule has 1 heterocycles. The highest BCUT2D eigenvalue weighted by Gasteiger charge is 2.51. The number of hydrogen-bond donors (Lipinski definition) is 0. The van der Waals surface area contributed by atoms with Gasteiger partial charge in [-0.25, -0.2) is 9.10 Å². The van der Waals surface area contributed by atoms with Crippen LogP contribution in [0.4, 0.5) is 23.7 Å². The van der Waals surface area contributed by atoms with Crippen molar-refractivity contribution in [1.82, 2.24) is 4.90 Å². The Morgan fingerprint density at radius 2 is 1.93 bits per heavy atom. The number of alkyl halides is 3. The van der Waals surface area contributed by atoms with Crippen LogP contribution in [0.25, 0.3) is 0 Å². The number of halogens is 3. The predicted molar refractivity (Wildman–Crippen MR) is 101 cm³/mol. The Balaban J connectivity index is 2.41. The lowest BCUT2D eigenvalue weighted by atomic mass is 10.1. The summed E-state index contributed by atoms with van der Waals surface area (Å²) in [6, 6.07) is 5.38. The minimum Gasteiger partial charge on any atom is -0.443 e. The normalized spacial score (nSPS) is 16.3. The number of hydrogen-bond acceptors (Lipinski definition) is 6. The topological polar surface area (TPSA) is 93.2 Å². The number of ether oxygens (including phenoxy) is 2. The fourth-order valence-corrected chi connectivity index (χ4v) is 3.75. The summed E-state index contributed by atoms with van der Waals surface area (Å²) in [6.07, 6.45) is -0.362. The number of benzene rings is 1. The Morgan fingerprint density at radius 1 is 1.30 bits per heavy atom. The minimum absolute atomic E-state index is 0.0115. The maximum absolute atomic E-state index is 13.3. The Morgan fingerprint density at radius 3 is 2.47 bits per heavy atom. The maximum Gasteiger partial charge on any atom is 0.516 e. The molecule has 0 unspecified atom stereocenters. The van der Waals surface area contributed by atoms with E-state index in [0.29, 0.717) is 6.42 Å². The summed E-state index contributed by atoms with van der Waals surface area (Å²) in [6.45, 7) is 3.84. The van der Waals surface area contributed by atoms with E-state index in [4.69, 9.17) is 9.47 Å². The van der Waals surface area contributed by atoms with E-state index in [2.05, 4.69) is 0 Å². The largest absolute Gasteiger partial charge is 0.516 e. The number of para-hydroxylation sites is 1. The van der Waals surface area contributed by atoms with Crippen LogP contribution < -0.4 is 4.31 Å². The molecule has 1 saturated heterocycles. The van der Waals surface area contributed by atoms with Crippen molar-refractivity contribution in [2.24, 2.45) is 0 Å². The third-order valence-corrected chi connectivity index (χ3v) is 5.66. The van der Waals surface area contributed by atoms with Gasteiger partial charge in [0.05, 0.1) is 18.8 Å². The van der Waals surface area contributed by atoms with E-state index < -0.39 is 39.9 Å². The van der Waals surface area contributed by atoms with Gasteiger partial charge < -0.3 is 9.47 Å². The first-order chi connectivity index (χ1) is 13.8. The molecule has 0 atom stereocenters. The number of cyclic esters (lactones) is 1. The number of carbonyl (C=O) groups excluding carboxylic acids is 2. The molecule has 1 aliphatic heterocycles. The van der Waals surface area contributed by atoms with E-state index >= 15 is 0 Å². The molecular formula is C18H23F3N2O6S. The molecule has 2 rings (SSSR count). The molecule has 0 N–H and O–H groups in total. The molecule has 8 nitrogen and oxygen atoms in total. The summed E-state index contributed by atoms with van der Waals surface area (Å²) in [5.41, 5.74) is -6.64. The Bertz CT molecular complexity index is 901. The van der Waals surface area contributed by atoms with Gasteiger partial charge in [0, 0.05) is 6.42 Å². The summed E-state index contributed by atoms with van der Waals surface area (Å²) in [4.78, 5) is 24.9. The molecule has 1 amide bonds. The molecule has 0 saturated carbocycles. The van der Waals surface area contributed by atoms with Crippen molar-refractivity contribution in [2.45, 2.75) is 51.3 Å². The average Bonchev–Trinajstić information content (AvgIpc) is 2.87. The van der Waals surface area contributed by atoms with Crippen LogP contribution in [0.5, 0.6) is 0 Å². The van der Waals surface area contributed by atoms with Gasteiger partial charge in [-0.15, -0.1) is 0 Å². The van der Waals surface area contributed by atoms with Gasteiger partial charge in [-0.1, -0.05) is 25.1 Å². The zero-order valence-electron chi connectivity index (χ0n) is 16.7. The molecule has 1 aromatic carbocycles. The van der Waals surface area contributed by atoms with E-state index in [1.165, 1.54) is 23.1 Å². The van der Waals surface area contributed by atoms with Crippen LogP contribution in [0, 0.1) is 0 Å². The zero-order chi connectivity index (χ0) is 22.7. The second-order valence-corrected chi connectivity index (χ2v) is 9.16. The van der Waals surface area contributed by atoms with Gasteiger partial charge in [0.2, 0.25) is 0 Å². The summed E-state index contributed by atoms with van der Waals surface area (Å²) >= 11 is 0. The minimum atomic E-state index is -5.87. The second kappa shape index (κ2) is 8.70. The van der Waals surface area contributed by atoms with Crippen molar-refractivity contribution in [2.75, 3.05) is 17.6 Å². The summed E-state index contributed by atoms with van der Waals surface area (Å²) < 4.78 is 74.1. The number of carbonyl (C=O) groups is 2. The van der Waals surface area contributed by atoms with Gasteiger partial charge in [0.1, 0.15) is 5.60 Å². The summed E-state index contributed by atoms with van der Waals surface area (Å²) in [5, 5.41) is 0. The van der Waals surface area contributed by atoms with Crippen LogP contribution in [0.3, 0.4) is 0 Å². The maximum atomic E-state index is 13.3. The van der Waals surface area contributed by atoms with Gasteiger partial charge in [-0.05, 0) is 31.9 Å². The highest BCUT2D eigenvalue weighted by Crippen LogP contribution is 2.34. The Kier molecular flexibility index (Phi) is 6.90. The molecule has 1 fully saturated rings. The Labute approximate surface area is 172 Å². The van der Waals surface area contributed by atoms with Gasteiger partial charge in [0.25, 0.3) is 0 Å². The molecule has 1 aromatic rings. The quantitative estimate of drug-likeness (QED) is 0.444. The Hall–Kier alpha value is -2.50. The van der Waals surface area contributed by atoms with E-state index in [1.54, 1.807) is 20.8 Å². The van der Waals surface area contributed by atoms with Gasteiger partial charge in [-0.3, -0.25) is 9.69 Å². The summed E-state index contributed by atoms with van der Waals surface area (Å²) in [5.74, 6) is -0.831. The van der Waals surface area contributed by atoms with Crippen LogP contribution >= 0.6 is 0 Å². The molecule has 168 valence electrons. The number of esters is 1. The predicted octanol–water partition coefficient (Wildman–Crippen LogP) is 3.37. The molecule has 0 aromatic heterocycles. The lowest BCUT2D eigenvalue weighted by Gasteiger charge is -2.27. The molecule has 0 spiro atoms. The monoisotopic (exact) mass is 452 g/mol. The van der Waals surface area contributed by atoms with E-state index in [9.17, 15) is 31.2 Å². The van der Waals surface area contributed by atoms with Crippen molar-refractivity contribution >= 4 is 27.8 Å². The smallest absolute Gasteiger partial charge is 0.443 e. The van der Waals surface area contributed by atoms with E-state index in [1.807, 2.05) is 0 Å². The first-order valence-corrected chi connectivity index (χ1v) is 10.5. The first kappa shape index (κ1) is 23.8. The zero-order valence-corrected chi connectivity index (χ0v) is 17.5. The van der Waals surface area contributed by atoms with Crippen LogP contribution in [0.15, 0.2) is 24.3 Å². The molecule has 0 bridgehead atoms. The van der Waals surface area contributed by atoms with Crippen LogP contribution in [0.2, 0.25) is 0 Å². The fourth-order valence-electron chi connectivity index (χ4n) is 2.87. The first-order valence-electron chi connectivity index (χ1n) is 9.09. The van der Waals surface area contributed by atoms with Crippen LogP contribution in [-0.2, 0) is 30.8 Å². The lowest BCUT2D eigenvalue weighted by molar-refractivity contribution is -0.143. The van der Waals surface area contributed by atoms with Crippen LogP contribution in [-0.4, -0.2) is 49.8 Å². The van der Waals surface area contributed by atoms with Crippen molar-refractivity contribution < 1.29 is 40.7 Å². The standard InChI is InChI=1S/C18H23F3N2O6S/c1-4-7-15(24)28-12-23(30(26,27)18(19,20)21)14-9-6-5-8-13(14)10-22-11-17(2,3)29-16(22)25/h5-6,8-9H,4,7,10-12H2,1-3H3. The number of amides is 1. The summed E-state index contributed by atoms with van der Waals surface area (Å²) in [7, 11) is -5.87. The molecule has 1 aliphatic rings. The third kappa shape index (κ3) is 5.35.